The maximum Gasteiger partial charge on any atom is 0.416 e. The van der Waals surface area contributed by atoms with Crippen molar-refractivity contribution in [2.45, 2.75) is 18.5 Å². The Morgan fingerprint density at radius 1 is 1.10 bits per heavy atom. The highest BCUT2D eigenvalue weighted by atomic mass is 32.2. The van der Waals surface area contributed by atoms with E-state index in [2.05, 4.69) is 0 Å². The standard InChI is InChI=1S/C20H18F3NO4S/c1-19(12-29(27,28)11-17(25)13-6-4-3-5-7-13)15-10-14(20(21,22)23)8-9-16(15)24(2)18(19)26/h3-10H,11-12H2,1-2H3. The van der Waals surface area contributed by atoms with E-state index in [1.807, 2.05) is 0 Å². The Kier molecular flexibility index (Phi) is 5.06. The smallest absolute Gasteiger partial charge is 0.314 e. The van der Waals surface area contributed by atoms with Crippen LogP contribution in [-0.4, -0.2) is 38.7 Å². The van der Waals surface area contributed by atoms with Crippen LogP contribution in [0.3, 0.4) is 0 Å². The molecule has 0 aliphatic carbocycles. The first-order chi connectivity index (χ1) is 13.3. The molecule has 1 atom stereocenters. The van der Waals surface area contributed by atoms with Crippen LogP contribution in [0.4, 0.5) is 18.9 Å². The fourth-order valence-electron chi connectivity index (χ4n) is 3.58. The number of hydrogen-bond acceptors (Lipinski definition) is 4. The summed E-state index contributed by atoms with van der Waals surface area (Å²) in [4.78, 5) is 26.2. The van der Waals surface area contributed by atoms with Crippen LogP contribution in [0.25, 0.3) is 0 Å². The zero-order valence-corrected chi connectivity index (χ0v) is 16.5. The number of benzene rings is 2. The highest BCUT2D eigenvalue weighted by molar-refractivity contribution is 7.92. The number of amides is 1. The predicted octanol–water partition coefficient (Wildman–Crippen LogP) is 3.24. The third-order valence-electron chi connectivity index (χ3n) is 5.01. The third kappa shape index (κ3) is 3.91. The van der Waals surface area contributed by atoms with E-state index in [1.165, 1.54) is 26.1 Å². The molecule has 0 spiro atoms. The zero-order valence-electron chi connectivity index (χ0n) is 15.7. The molecular formula is C20H18F3NO4S. The SMILES string of the molecule is CN1C(=O)C(C)(CS(=O)(=O)CC(=O)c2ccccc2)c2cc(C(F)(F)F)ccc21. The van der Waals surface area contributed by atoms with Gasteiger partial charge in [-0.3, -0.25) is 9.59 Å². The molecule has 1 aliphatic rings. The van der Waals surface area contributed by atoms with Crippen molar-refractivity contribution in [3.8, 4) is 0 Å². The number of anilines is 1. The largest absolute Gasteiger partial charge is 0.416 e. The minimum atomic E-state index is -4.64. The van der Waals surface area contributed by atoms with E-state index in [0.717, 1.165) is 23.1 Å². The Hall–Kier alpha value is -2.68. The monoisotopic (exact) mass is 425 g/mol. The van der Waals surface area contributed by atoms with E-state index in [0.29, 0.717) is 0 Å². The molecule has 0 radical (unpaired) electrons. The van der Waals surface area contributed by atoms with Crippen LogP contribution >= 0.6 is 0 Å². The summed E-state index contributed by atoms with van der Waals surface area (Å²) in [5, 5.41) is 0. The van der Waals surface area contributed by atoms with Gasteiger partial charge < -0.3 is 4.90 Å². The van der Waals surface area contributed by atoms with Gasteiger partial charge in [-0.1, -0.05) is 30.3 Å². The van der Waals surface area contributed by atoms with Crippen LogP contribution < -0.4 is 4.90 Å². The van der Waals surface area contributed by atoms with Gasteiger partial charge in [0.2, 0.25) is 5.91 Å². The molecule has 2 aromatic carbocycles. The number of ketones is 1. The van der Waals surface area contributed by atoms with Gasteiger partial charge in [0, 0.05) is 18.3 Å². The first kappa shape index (κ1) is 21.0. The number of halogens is 3. The lowest BCUT2D eigenvalue weighted by atomic mass is 9.85. The lowest BCUT2D eigenvalue weighted by molar-refractivity contribution is -0.137. The number of rotatable bonds is 5. The number of hydrogen-bond donors (Lipinski definition) is 0. The quantitative estimate of drug-likeness (QED) is 0.690. The lowest BCUT2D eigenvalue weighted by Gasteiger charge is -2.23. The molecule has 1 heterocycles. The first-order valence-corrected chi connectivity index (χ1v) is 10.5. The average molecular weight is 425 g/mol. The van der Waals surface area contributed by atoms with Gasteiger partial charge in [-0.05, 0) is 30.7 Å². The molecule has 29 heavy (non-hydrogen) atoms. The molecule has 0 saturated heterocycles. The summed E-state index contributed by atoms with van der Waals surface area (Å²) < 4.78 is 64.8. The minimum Gasteiger partial charge on any atom is -0.314 e. The second kappa shape index (κ2) is 6.98. The Balaban J connectivity index is 1.96. The summed E-state index contributed by atoms with van der Waals surface area (Å²) in [6.45, 7) is 1.29. The molecule has 9 heteroatoms. The van der Waals surface area contributed by atoms with E-state index in [1.54, 1.807) is 18.2 Å². The van der Waals surface area contributed by atoms with E-state index in [4.69, 9.17) is 0 Å². The van der Waals surface area contributed by atoms with Crippen molar-refractivity contribution in [2.24, 2.45) is 0 Å². The molecule has 2 aromatic rings. The van der Waals surface area contributed by atoms with Gasteiger partial charge in [-0.2, -0.15) is 13.2 Å². The van der Waals surface area contributed by atoms with E-state index >= 15 is 0 Å². The van der Waals surface area contributed by atoms with E-state index in [-0.39, 0.29) is 16.8 Å². The van der Waals surface area contributed by atoms with Crippen molar-refractivity contribution in [1.29, 1.82) is 0 Å². The van der Waals surface area contributed by atoms with Crippen molar-refractivity contribution >= 4 is 27.2 Å². The molecule has 0 fully saturated rings. The van der Waals surface area contributed by atoms with Gasteiger partial charge >= 0.3 is 6.18 Å². The Morgan fingerprint density at radius 3 is 2.31 bits per heavy atom. The Morgan fingerprint density at radius 2 is 1.72 bits per heavy atom. The summed E-state index contributed by atoms with van der Waals surface area (Å²) >= 11 is 0. The van der Waals surface area contributed by atoms with Gasteiger partial charge in [0.25, 0.3) is 0 Å². The number of carbonyl (C=O) groups excluding carboxylic acids is 2. The number of sulfone groups is 1. The molecule has 0 saturated carbocycles. The number of fused-ring (bicyclic) bond motifs is 1. The van der Waals surface area contributed by atoms with Gasteiger partial charge in [-0.15, -0.1) is 0 Å². The predicted molar refractivity (Wildman–Crippen MR) is 102 cm³/mol. The summed E-state index contributed by atoms with van der Waals surface area (Å²) in [6, 6.07) is 10.6. The third-order valence-corrected chi connectivity index (χ3v) is 6.73. The van der Waals surface area contributed by atoms with E-state index < -0.39 is 50.2 Å². The molecule has 1 unspecified atom stereocenters. The number of carbonyl (C=O) groups is 2. The Bertz CT molecular complexity index is 1080. The number of likely N-dealkylation sites (N-methyl/N-ethyl adjacent to an activating group) is 1. The molecule has 3 rings (SSSR count). The van der Waals surface area contributed by atoms with Gasteiger partial charge in [-0.25, -0.2) is 8.42 Å². The van der Waals surface area contributed by atoms with Crippen molar-refractivity contribution in [3.05, 3.63) is 65.2 Å². The van der Waals surface area contributed by atoms with Crippen LogP contribution in [0.15, 0.2) is 48.5 Å². The fraction of sp³-hybridized carbons (Fsp3) is 0.300. The van der Waals surface area contributed by atoms with E-state index in [9.17, 15) is 31.2 Å². The second-order valence-corrected chi connectivity index (χ2v) is 9.31. The highest BCUT2D eigenvalue weighted by Crippen LogP contribution is 2.44. The fourth-order valence-corrected chi connectivity index (χ4v) is 5.41. The molecule has 0 bridgehead atoms. The lowest BCUT2D eigenvalue weighted by Crippen LogP contribution is -2.42. The number of alkyl halides is 3. The molecule has 1 amide bonds. The molecular weight excluding hydrogens is 407 g/mol. The number of nitrogens with zero attached hydrogens (tertiary/aromatic N) is 1. The van der Waals surface area contributed by atoms with Crippen LogP contribution in [0.5, 0.6) is 0 Å². The summed E-state index contributed by atoms with van der Waals surface area (Å²) in [5.74, 6) is -2.88. The minimum absolute atomic E-state index is 0.0180. The maximum absolute atomic E-state index is 13.1. The van der Waals surface area contributed by atoms with Crippen molar-refractivity contribution in [3.63, 3.8) is 0 Å². The van der Waals surface area contributed by atoms with Crippen LogP contribution in [0, 0.1) is 0 Å². The zero-order chi connectivity index (χ0) is 21.6. The topological polar surface area (TPSA) is 71.5 Å². The van der Waals surface area contributed by atoms with Gasteiger partial charge in [0.1, 0.15) is 5.75 Å². The first-order valence-electron chi connectivity index (χ1n) is 8.64. The van der Waals surface area contributed by atoms with Crippen LogP contribution in [0.1, 0.15) is 28.4 Å². The maximum atomic E-state index is 13.1. The number of Topliss-reactive ketones (excluding diaryl/α,β-unsaturated/α-hetero) is 1. The highest BCUT2D eigenvalue weighted by Gasteiger charge is 2.50. The van der Waals surface area contributed by atoms with Crippen molar-refractivity contribution in [1.82, 2.24) is 0 Å². The molecule has 0 N–H and O–H groups in total. The average Bonchev–Trinajstić information content (AvgIpc) is 2.82. The molecule has 1 aliphatic heterocycles. The van der Waals surface area contributed by atoms with Crippen LogP contribution in [-0.2, 0) is 26.2 Å². The van der Waals surface area contributed by atoms with Crippen LogP contribution in [0.2, 0.25) is 0 Å². The summed E-state index contributed by atoms with van der Waals surface area (Å²) in [6.07, 6.45) is -4.64. The molecule has 154 valence electrons. The molecule has 0 aromatic heterocycles. The second-order valence-electron chi connectivity index (χ2n) is 7.25. The van der Waals surface area contributed by atoms with Gasteiger partial charge in [0.15, 0.2) is 15.6 Å². The Labute approximate surface area is 166 Å². The van der Waals surface area contributed by atoms with Gasteiger partial charge in [0.05, 0.1) is 16.7 Å². The van der Waals surface area contributed by atoms with Crippen molar-refractivity contribution < 1.29 is 31.2 Å². The summed E-state index contributed by atoms with van der Waals surface area (Å²) in [5.41, 5.74) is -2.29. The molecule has 5 nitrogen and oxygen atoms in total. The van der Waals surface area contributed by atoms with Crippen molar-refractivity contribution in [2.75, 3.05) is 23.5 Å². The normalized spacial score (nSPS) is 19.3. The summed E-state index contributed by atoms with van der Waals surface area (Å²) in [7, 11) is -2.72.